The number of hydrogen-bond donors (Lipinski definition) is 1. The van der Waals surface area contributed by atoms with Gasteiger partial charge in [-0.2, -0.15) is 5.26 Å². The van der Waals surface area contributed by atoms with Gasteiger partial charge in [-0.05, 0) is 24.1 Å². The number of nitrogens with zero attached hydrogens (tertiary/aromatic N) is 1. The largest absolute Gasteiger partial charge is 0.385 e. The van der Waals surface area contributed by atoms with Crippen LogP contribution >= 0.6 is 0 Å². The number of rotatable bonds is 9. The zero-order chi connectivity index (χ0) is 13.1. The van der Waals surface area contributed by atoms with Gasteiger partial charge in [0.05, 0.1) is 18.2 Å². The fourth-order valence-corrected chi connectivity index (χ4v) is 1.48. The van der Waals surface area contributed by atoms with E-state index in [2.05, 4.69) is 11.4 Å². The van der Waals surface area contributed by atoms with Gasteiger partial charge in [0.15, 0.2) is 0 Å². The number of nitrogens with one attached hydrogen (secondary N) is 1. The Kier molecular flexibility index (Phi) is 7.82. The first-order valence-corrected chi connectivity index (χ1v) is 6.13. The van der Waals surface area contributed by atoms with Crippen molar-refractivity contribution in [3.63, 3.8) is 0 Å². The van der Waals surface area contributed by atoms with Gasteiger partial charge in [0.1, 0.15) is 0 Å². The normalized spacial score (nSPS) is 10.2. The molecule has 0 heterocycles. The molecule has 18 heavy (non-hydrogen) atoms. The lowest BCUT2D eigenvalue weighted by Gasteiger charge is -2.06. The highest BCUT2D eigenvalue weighted by Crippen LogP contribution is 2.02. The van der Waals surface area contributed by atoms with Crippen molar-refractivity contribution in [1.82, 2.24) is 5.32 Å². The third kappa shape index (κ3) is 6.36. The number of hydrogen-bond acceptors (Lipinski definition) is 4. The van der Waals surface area contributed by atoms with E-state index in [1.165, 1.54) is 5.56 Å². The summed E-state index contributed by atoms with van der Waals surface area (Å²) < 4.78 is 10.4. The van der Waals surface area contributed by atoms with E-state index in [0.29, 0.717) is 12.2 Å². The van der Waals surface area contributed by atoms with E-state index in [0.717, 1.165) is 32.7 Å². The molecule has 0 aliphatic carbocycles. The average molecular weight is 248 g/mol. The fourth-order valence-electron chi connectivity index (χ4n) is 1.48. The molecule has 98 valence electrons. The topological polar surface area (TPSA) is 54.3 Å². The Morgan fingerprint density at radius 1 is 1.17 bits per heavy atom. The molecular weight excluding hydrogens is 228 g/mol. The van der Waals surface area contributed by atoms with Crippen molar-refractivity contribution >= 4 is 0 Å². The maximum absolute atomic E-state index is 8.67. The van der Waals surface area contributed by atoms with Crippen LogP contribution in [0.4, 0.5) is 0 Å². The molecule has 1 aromatic rings. The van der Waals surface area contributed by atoms with Gasteiger partial charge in [0.2, 0.25) is 0 Å². The first-order chi connectivity index (χ1) is 8.86. The Hall–Kier alpha value is -1.41. The van der Waals surface area contributed by atoms with E-state index in [1.54, 1.807) is 7.11 Å². The summed E-state index contributed by atoms with van der Waals surface area (Å²) in [7, 11) is 1.69. The molecule has 0 atom stereocenters. The molecule has 1 rings (SSSR count). The first kappa shape index (κ1) is 14.7. The molecule has 0 aromatic heterocycles. The Balaban J connectivity index is 2.02. The Morgan fingerprint density at radius 2 is 1.94 bits per heavy atom. The highest BCUT2D eigenvalue weighted by atomic mass is 16.5. The average Bonchev–Trinajstić information content (AvgIpc) is 2.42. The second kappa shape index (κ2) is 9.60. The highest BCUT2D eigenvalue weighted by Gasteiger charge is 1.94. The smallest absolute Gasteiger partial charge is 0.0991 e. The van der Waals surface area contributed by atoms with E-state index < -0.39 is 0 Å². The van der Waals surface area contributed by atoms with E-state index >= 15 is 0 Å². The summed E-state index contributed by atoms with van der Waals surface area (Å²) in [6.07, 6.45) is 0.937. The lowest BCUT2D eigenvalue weighted by atomic mass is 10.1. The molecule has 1 aromatic carbocycles. The molecule has 0 unspecified atom stereocenters. The van der Waals surface area contributed by atoms with Crippen molar-refractivity contribution in [2.24, 2.45) is 0 Å². The molecule has 0 aliphatic rings. The minimum Gasteiger partial charge on any atom is -0.385 e. The molecule has 0 saturated heterocycles. The van der Waals surface area contributed by atoms with Crippen LogP contribution in [-0.4, -0.2) is 33.5 Å². The molecule has 0 saturated carbocycles. The molecule has 1 N–H and O–H groups in total. The summed E-state index contributed by atoms with van der Waals surface area (Å²) in [4.78, 5) is 0. The van der Waals surface area contributed by atoms with Crippen LogP contribution in [0.15, 0.2) is 24.3 Å². The van der Waals surface area contributed by atoms with Gasteiger partial charge < -0.3 is 14.8 Å². The summed E-state index contributed by atoms with van der Waals surface area (Å²) in [5, 5.41) is 12.0. The minimum absolute atomic E-state index is 0.695. The van der Waals surface area contributed by atoms with E-state index in [9.17, 15) is 0 Å². The second-order valence-corrected chi connectivity index (χ2v) is 3.94. The molecule has 0 radical (unpaired) electrons. The Bertz CT molecular complexity index is 357. The van der Waals surface area contributed by atoms with Gasteiger partial charge in [-0.15, -0.1) is 0 Å². The van der Waals surface area contributed by atoms with Crippen molar-refractivity contribution in [3.8, 4) is 6.07 Å². The minimum atomic E-state index is 0.695. The zero-order valence-corrected chi connectivity index (χ0v) is 10.8. The van der Waals surface area contributed by atoms with Crippen LogP contribution < -0.4 is 5.32 Å². The van der Waals surface area contributed by atoms with Crippen LogP contribution in [0.25, 0.3) is 0 Å². The zero-order valence-electron chi connectivity index (χ0n) is 10.8. The van der Waals surface area contributed by atoms with Gasteiger partial charge in [-0.1, -0.05) is 12.1 Å². The SMILES string of the molecule is COCCCOCCNCc1ccc(C#N)cc1. The monoisotopic (exact) mass is 248 g/mol. The lowest BCUT2D eigenvalue weighted by Crippen LogP contribution is -2.19. The Morgan fingerprint density at radius 3 is 2.61 bits per heavy atom. The van der Waals surface area contributed by atoms with Crippen molar-refractivity contribution in [1.29, 1.82) is 5.26 Å². The number of ether oxygens (including phenoxy) is 2. The van der Waals surface area contributed by atoms with Gasteiger partial charge in [-0.3, -0.25) is 0 Å². The number of methoxy groups -OCH3 is 1. The van der Waals surface area contributed by atoms with Crippen LogP contribution in [0.5, 0.6) is 0 Å². The van der Waals surface area contributed by atoms with Crippen LogP contribution in [0.1, 0.15) is 17.5 Å². The third-order valence-corrected chi connectivity index (χ3v) is 2.47. The fraction of sp³-hybridized carbons (Fsp3) is 0.500. The number of nitriles is 1. The van der Waals surface area contributed by atoms with Crippen LogP contribution in [0.2, 0.25) is 0 Å². The van der Waals surface area contributed by atoms with Crippen LogP contribution in [-0.2, 0) is 16.0 Å². The molecule has 4 nitrogen and oxygen atoms in total. The number of benzene rings is 1. The standard InChI is InChI=1S/C14H20N2O2/c1-17-8-2-9-18-10-7-16-12-14-5-3-13(11-15)4-6-14/h3-6,16H,2,7-10,12H2,1H3. The van der Waals surface area contributed by atoms with E-state index in [4.69, 9.17) is 14.7 Å². The summed E-state index contributed by atoms with van der Waals surface area (Å²) in [6.45, 7) is 3.82. The molecule has 0 spiro atoms. The lowest BCUT2D eigenvalue weighted by molar-refractivity contribution is 0.104. The van der Waals surface area contributed by atoms with E-state index in [-0.39, 0.29) is 0 Å². The van der Waals surface area contributed by atoms with Crippen molar-refractivity contribution in [3.05, 3.63) is 35.4 Å². The first-order valence-electron chi connectivity index (χ1n) is 6.13. The molecule has 0 aliphatic heterocycles. The summed E-state index contributed by atoms with van der Waals surface area (Å²) in [5.74, 6) is 0. The quantitative estimate of drug-likeness (QED) is 0.676. The maximum atomic E-state index is 8.67. The van der Waals surface area contributed by atoms with Gasteiger partial charge in [0, 0.05) is 33.4 Å². The van der Waals surface area contributed by atoms with Gasteiger partial charge >= 0.3 is 0 Å². The third-order valence-electron chi connectivity index (χ3n) is 2.47. The molecule has 0 fully saturated rings. The maximum Gasteiger partial charge on any atom is 0.0991 e. The van der Waals surface area contributed by atoms with E-state index in [1.807, 2.05) is 24.3 Å². The summed E-state index contributed by atoms with van der Waals surface area (Å²) >= 11 is 0. The van der Waals surface area contributed by atoms with Crippen molar-refractivity contribution < 1.29 is 9.47 Å². The summed E-state index contributed by atoms with van der Waals surface area (Å²) in [6, 6.07) is 9.69. The van der Waals surface area contributed by atoms with Crippen LogP contribution in [0, 0.1) is 11.3 Å². The predicted octanol–water partition coefficient (Wildman–Crippen LogP) is 1.70. The highest BCUT2D eigenvalue weighted by molar-refractivity contribution is 5.31. The van der Waals surface area contributed by atoms with Gasteiger partial charge in [0.25, 0.3) is 0 Å². The van der Waals surface area contributed by atoms with Crippen molar-refractivity contribution in [2.75, 3.05) is 33.5 Å². The molecule has 4 heteroatoms. The molecular formula is C14H20N2O2. The second-order valence-electron chi connectivity index (χ2n) is 3.94. The molecule has 0 amide bonds. The Labute approximate surface area is 109 Å². The van der Waals surface area contributed by atoms with Crippen LogP contribution in [0.3, 0.4) is 0 Å². The summed E-state index contributed by atoms with van der Waals surface area (Å²) in [5.41, 5.74) is 1.87. The predicted molar refractivity (Wildman–Crippen MR) is 70.2 cm³/mol. The van der Waals surface area contributed by atoms with Crippen molar-refractivity contribution in [2.45, 2.75) is 13.0 Å². The van der Waals surface area contributed by atoms with Gasteiger partial charge in [-0.25, -0.2) is 0 Å². The molecule has 0 bridgehead atoms.